The molecule has 5 heteroatoms. The van der Waals surface area contributed by atoms with Crippen LogP contribution in [0.4, 0.5) is 5.82 Å². The maximum atomic E-state index is 11.9. The molecule has 98 valence electrons. The topological polar surface area (TPSA) is 66.9 Å². The van der Waals surface area contributed by atoms with Gasteiger partial charge in [0.05, 0.1) is 12.4 Å². The lowest BCUT2D eigenvalue weighted by Crippen LogP contribution is -2.24. The number of amides is 1. The maximum absolute atomic E-state index is 11.9. The number of aromatic nitrogens is 2. The number of rotatable bonds is 4. The highest BCUT2D eigenvalue weighted by molar-refractivity contribution is 5.91. The molecule has 0 saturated heterocycles. The second-order valence-electron chi connectivity index (χ2n) is 4.15. The van der Waals surface area contributed by atoms with Crippen LogP contribution in [-0.2, 0) is 6.54 Å². The molecule has 0 radical (unpaired) electrons. The third-order valence-corrected chi connectivity index (χ3v) is 2.84. The van der Waals surface area contributed by atoms with E-state index in [4.69, 9.17) is 0 Å². The van der Waals surface area contributed by atoms with Crippen molar-refractivity contribution in [3.05, 3.63) is 53.5 Å². The van der Waals surface area contributed by atoms with E-state index in [1.165, 1.54) is 12.4 Å². The summed E-state index contributed by atoms with van der Waals surface area (Å²) in [5.74, 6) is 0.411. The Labute approximate surface area is 112 Å². The van der Waals surface area contributed by atoms with Crippen LogP contribution in [0.25, 0.3) is 0 Å². The molecular weight excluding hydrogens is 240 g/mol. The number of nitrogens with one attached hydrogen (secondary N) is 2. The van der Waals surface area contributed by atoms with Gasteiger partial charge in [0.15, 0.2) is 0 Å². The van der Waals surface area contributed by atoms with Crippen LogP contribution in [0.3, 0.4) is 0 Å². The zero-order valence-corrected chi connectivity index (χ0v) is 11.0. The number of anilines is 1. The summed E-state index contributed by atoms with van der Waals surface area (Å²) in [6, 6.07) is 7.94. The zero-order chi connectivity index (χ0) is 13.7. The highest BCUT2D eigenvalue weighted by atomic mass is 16.1. The first-order valence-electron chi connectivity index (χ1n) is 6.03. The van der Waals surface area contributed by atoms with Gasteiger partial charge in [0.25, 0.3) is 5.91 Å². The van der Waals surface area contributed by atoms with Gasteiger partial charge in [0.1, 0.15) is 11.5 Å². The molecule has 0 aliphatic rings. The van der Waals surface area contributed by atoms with E-state index < -0.39 is 0 Å². The van der Waals surface area contributed by atoms with E-state index in [9.17, 15) is 4.79 Å². The molecule has 1 heterocycles. The van der Waals surface area contributed by atoms with Crippen LogP contribution in [-0.4, -0.2) is 22.9 Å². The van der Waals surface area contributed by atoms with Gasteiger partial charge in [0.2, 0.25) is 0 Å². The Morgan fingerprint density at radius 1 is 1.21 bits per heavy atom. The molecule has 2 N–H and O–H groups in total. The average molecular weight is 256 g/mol. The lowest BCUT2D eigenvalue weighted by Gasteiger charge is -2.07. The van der Waals surface area contributed by atoms with Gasteiger partial charge >= 0.3 is 0 Å². The molecule has 0 atom stereocenters. The van der Waals surface area contributed by atoms with Gasteiger partial charge in [-0.2, -0.15) is 0 Å². The summed E-state index contributed by atoms with van der Waals surface area (Å²) in [4.78, 5) is 20.0. The lowest BCUT2D eigenvalue weighted by atomic mass is 10.1. The Morgan fingerprint density at radius 2 is 2.00 bits per heavy atom. The normalized spacial score (nSPS) is 10.0. The van der Waals surface area contributed by atoms with Crippen molar-refractivity contribution in [1.82, 2.24) is 15.3 Å². The number of hydrogen-bond acceptors (Lipinski definition) is 4. The zero-order valence-electron chi connectivity index (χ0n) is 11.0. The first kappa shape index (κ1) is 13.0. The van der Waals surface area contributed by atoms with Crippen molar-refractivity contribution in [2.24, 2.45) is 0 Å². The molecule has 1 aromatic heterocycles. The average Bonchev–Trinajstić information content (AvgIpc) is 2.46. The fourth-order valence-corrected chi connectivity index (χ4v) is 1.65. The fraction of sp³-hybridized carbons (Fsp3) is 0.214. The third-order valence-electron chi connectivity index (χ3n) is 2.84. The minimum Gasteiger partial charge on any atom is -0.372 e. The highest BCUT2D eigenvalue weighted by Gasteiger charge is 2.07. The molecule has 0 saturated carbocycles. The molecule has 0 aliphatic carbocycles. The minimum atomic E-state index is -0.224. The minimum absolute atomic E-state index is 0.224. The van der Waals surface area contributed by atoms with E-state index in [2.05, 4.69) is 20.6 Å². The SMILES string of the molecule is CNc1cnc(C(=O)NCc2ccccc2C)cn1. The molecule has 0 bridgehead atoms. The van der Waals surface area contributed by atoms with Crippen LogP contribution in [0.2, 0.25) is 0 Å². The molecule has 19 heavy (non-hydrogen) atoms. The van der Waals surface area contributed by atoms with Crippen molar-refractivity contribution in [3.63, 3.8) is 0 Å². The summed E-state index contributed by atoms with van der Waals surface area (Å²) in [5, 5.41) is 5.68. The van der Waals surface area contributed by atoms with E-state index in [1.807, 2.05) is 31.2 Å². The van der Waals surface area contributed by atoms with E-state index in [0.29, 0.717) is 18.1 Å². The second kappa shape index (κ2) is 5.95. The van der Waals surface area contributed by atoms with Crippen molar-refractivity contribution in [3.8, 4) is 0 Å². The smallest absolute Gasteiger partial charge is 0.271 e. The fourth-order valence-electron chi connectivity index (χ4n) is 1.65. The van der Waals surface area contributed by atoms with Crippen LogP contribution in [0.15, 0.2) is 36.7 Å². The van der Waals surface area contributed by atoms with Crippen molar-refractivity contribution in [2.45, 2.75) is 13.5 Å². The van der Waals surface area contributed by atoms with Crippen molar-refractivity contribution < 1.29 is 4.79 Å². The quantitative estimate of drug-likeness (QED) is 0.874. The van der Waals surface area contributed by atoms with Gasteiger partial charge in [-0.15, -0.1) is 0 Å². The molecule has 0 spiro atoms. The van der Waals surface area contributed by atoms with Gasteiger partial charge < -0.3 is 10.6 Å². The largest absolute Gasteiger partial charge is 0.372 e. The molecule has 1 amide bonds. The van der Waals surface area contributed by atoms with Crippen LogP contribution < -0.4 is 10.6 Å². The summed E-state index contributed by atoms with van der Waals surface area (Å²) in [5.41, 5.74) is 2.56. The molecule has 2 aromatic rings. The Balaban J connectivity index is 1.99. The van der Waals surface area contributed by atoms with E-state index in [1.54, 1.807) is 7.05 Å². The number of aryl methyl sites for hydroxylation is 1. The Hall–Kier alpha value is -2.43. The lowest BCUT2D eigenvalue weighted by molar-refractivity contribution is 0.0945. The highest BCUT2D eigenvalue weighted by Crippen LogP contribution is 2.06. The maximum Gasteiger partial charge on any atom is 0.271 e. The number of carbonyl (C=O) groups excluding carboxylic acids is 1. The summed E-state index contributed by atoms with van der Waals surface area (Å²) < 4.78 is 0. The second-order valence-corrected chi connectivity index (χ2v) is 4.15. The van der Waals surface area contributed by atoms with E-state index in [0.717, 1.165) is 11.1 Å². The summed E-state index contributed by atoms with van der Waals surface area (Å²) in [6.07, 6.45) is 2.99. The summed E-state index contributed by atoms with van der Waals surface area (Å²) in [6.45, 7) is 2.50. The van der Waals surface area contributed by atoms with Gasteiger partial charge in [-0.05, 0) is 18.1 Å². The molecular formula is C14H16N4O. The van der Waals surface area contributed by atoms with Gasteiger partial charge in [-0.25, -0.2) is 9.97 Å². The Morgan fingerprint density at radius 3 is 2.63 bits per heavy atom. The van der Waals surface area contributed by atoms with Gasteiger partial charge in [-0.1, -0.05) is 24.3 Å². The summed E-state index contributed by atoms with van der Waals surface area (Å²) in [7, 11) is 1.75. The van der Waals surface area contributed by atoms with Crippen LogP contribution in [0.5, 0.6) is 0 Å². The van der Waals surface area contributed by atoms with Crippen LogP contribution in [0, 0.1) is 6.92 Å². The third kappa shape index (κ3) is 3.28. The monoisotopic (exact) mass is 256 g/mol. The van der Waals surface area contributed by atoms with E-state index >= 15 is 0 Å². The first-order chi connectivity index (χ1) is 9.20. The van der Waals surface area contributed by atoms with Crippen molar-refractivity contribution in [2.75, 3.05) is 12.4 Å². The summed E-state index contributed by atoms with van der Waals surface area (Å²) >= 11 is 0. The van der Waals surface area contributed by atoms with Crippen LogP contribution in [0.1, 0.15) is 21.6 Å². The van der Waals surface area contributed by atoms with Crippen molar-refractivity contribution >= 4 is 11.7 Å². The first-order valence-corrected chi connectivity index (χ1v) is 6.03. The standard InChI is InChI=1S/C14H16N4O/c1-10-5-3-4-6-11(10)7-18-14(19)12-8-17-13(15-2)9-16-12/h3-6,8-9H,7H2,1-2H3,(H,15,17)(H,18,19). The van der Waals surface area contributed by atoms with Gasteiger partial charge in [0, 0.05) is 13.6 Å². The van der Waals surface area contributed by atoms with Gasteiger partial charge in [-0.3, -0.25) is 4.79 Å². The van der Waals surface area contributed by atoms with Crippen molar-refractivity contribution in [1.29, 1.82) is 0 Å². The number of benzene rings is 1. The molecule has 0 unspecified atom stereocenters. The molecule has 0 aliphatic heterocycles. The molecule has 1 aromatic carbocycles. The Kier molecular flexibility index (Phi) is 4.07. The molecule has 2 rings (SSSR count). The number of nitrogens with zero attached hydrogens (tertiary/aromatic N) is 2. The van der Waals surface area contributed by atoms with E-state index in [-0.39, 0.29) is 5.91 Å². The van der Waals surface area contributed by atoms with Crippen LogP contribution >= 0.6 is 0 Å². The molecule has 0 fully saturated rings. The molecule has 5 nitrogen and oxygen atoms in total. The predicted octanol–water partition coefficient (Wildman–Crippen LogP) is 1.76. The number of hydrogen-bond donors (Lipinski definition) is 2. The Bertz CT molecular complexity index is 566. The number of carbonyl (C=O) groups is 1. The predicted molar refractivity (Wildman–Crippen MR) is 73.9 cm³/mol.